The first-order chi connectivity index (χ1) is 9.20. The van der Waals surface area contributed by atoms with Gasteiger partial charge in [-0.1, -0.05) is 0 Å². The Kier molecular flexibility index (Phi) is 30.5. The molecule has 0 amide bonds. The largest absolute Gasteiger partial charge is 2.00 e. The van der Waals surface area contributed by atoms with Crippen molar-refractivity contribution >= 4 is 61.6 Å². The average molecular weight is 392 g/mol. The van der Waals surface area contributed by atoms with E-state index in [-0.39, 0.29) is 115 Å². The van der Waals surface area contributed by atoms with Crippen molar-refractivity contribution in [3.63, 3.8) is 0 Å². The summed E-state index contributed by atoms with van der Waals surface area (Å²) in [5.74, 6) is -6.12. The molecule has 14 heteroatoms. The summed E-state index contributed by atoms with van der Waals surface area (Å²) in [5.41, 5.74) is 0. The number of nitrogens with zero attached hydrogens (tertiary/aromatic N) is 2. The molecule has 0 aromatic rings. The van der Waals surface area contributed by atoms with Crippen LogP contribution < -0.4 is 79.5 Å². The van der Waals surface area contributed by atoms with Gasteiger partial charge >= 0.3 is 96.9 Å². The molecule has 0 aromatic heterocycles. The normalized spacial score (nSPS) is 8.92. The monoisotopic (exact) mass is 392 g/mol. The van der Waals surface area contributed by atoms with Crippen molar-refractivity contribution in [3.8, 4) is 0 Å². The molecule has 0 aliphatic rings. The van der Waals surface area contributed by atoms with E-state index in [4.69, 9.17) is 0 Å². The molecule has 122 valence electrons. The van der Waals surface area contributed by atoms with Crippen LogP contribution in [-0.2, 0) is 19.2 Å². The third-order valence-corrected chi connectivity index (χ3v) is 2.14. The van der Waals surface area contributed by atoms with E-state index in [1.54, 1.807) is 0 Å². The fourth-order valence-electron chi connectivity index (χ4n) is 1.44. The van der Waals surface area contributed by atoms with Crippen molar-refractivity contribution in [1.82, 2.24) is 9.80 Å². The molecule has 0 fully saturated rings. The topological polar surface area (TPSA) is 198 Å². The molecule has 0 spiro atoms. The summed E-state index contributed by atoms with van der Waals surface area (Å²) >= 11 is 0. The molecule has 11 nitrogen and oxygen atoms in total. The first-order valence-electron chi connectivity index (χ1n) is 5.44. The van der Waals surface area contributed by atoms with E-state index in [0.29, 0.717) is 0 Å². The number of carboxylic acids is 4. The second-order valence-corrected chi connectivity index (χ2v) is 3.91. The summed E-state index contributed by atoms with van der Waals surface area (Å²) in [5, 5.41) is 41.6. The van der Waals surface area contributed by atoms with Gasteiger partial charge in [0.05, 0.1) is 23.9 Å². The van der Waals surface area contributed by atoms with Crippen molar-refractivity contribution in [2.75, 3.05) is 39.3 Å². The first-order valence-corrected chi connectivity index (χ1v) is 5.44. The molecule has 0 aliphatic carbocycles. The average Bonchev–Trinajstić information content (AvgIpc) is 2.22. The van der Waals surface area contributed by atoms with Crippen LogP contribution in [0.1, 0.15) is 0 Å². The first kappa shape index (κ1) is 36.0. The van der Waals surface area contributed by atoms with E-state index >= 15 is 0 Å². The Hall–Kier alpha value is 1.02. The van der Waals surface area contributed by atoms with E-state index in [2.05, 4.69) is 0 Å². The van der Waals surface area contributed by atoms with Gasteiger partial charge in [-0.15, -0.1) is 0 Å². The molecule has 0 unspecified atom stereocenters. The number of carboxylic acid groups (broad SMARTS) is 4. The summed E-state index contributed by atoms with van der Waals surface area (Å²) in [7, 11) is 0. The second kappa shape index (κ2) is 20.3. The summed E-state index contributed by atoms with van der Waals surface area (Å²) in [6.07, 6.45) is 0. The third kappa shape index (κ3) is 23.0. The van der Waals surface area contributed by atoms with Gasteiger partial charge in [0.25, 0.3) is 0 Å². The van der Waals surface area contributed by atoms with Gasteiger partial charge in [-0.25, -0.2) is 0 Å². The van der Waals surface area contributed by atoms with Gasteiger partial charge in [0.2, 0.25) is 0 Å². The third-order valence-electron chi connectivity index (χ3n) is 2.14. The fourth-order valence-corrected chi connectivity index (χ4v) is 1.44. The molecular weight excluding hydrogens is 378 g/mol. The van der Waals surface area contributed by atoms with Crippen molar-refractivity contribution in [3.05, 3.63) is 0 Å². The smallest absolute Gasteiger partial charge is 0.549 e. The Morgan fingerprint density at radius 1 is 0.583 bits per heavy atom. The molecule has 0 aliphatic heterocycles. The predicted octanol–water partition coefficient (Wildman–Crippen LogP) is -14.6. The molecule has 2 N–H and O–H groups in total. The van der Waals surface area contributed by atoms with Crippen LogP contribution in [0.3, 0.4) is 0 Å². The molecule has 24 heavy (non-hydrogen) atoms. The number of hydrogen-bond acceptors (Lipinski definition) is 10. The molecule has 0 saturated heterocycles. The molecular formula is C10H14CaN2Na2O9. The number of carbonyl (C=O) groups is 4. The maximum Gasteiger partial charge on any atom is 2.00 e. The zero-order chi connectivity index (χ0) is 15.7. The fraction of sp³-hybridized carbons (Fsp3) is 0.600. The van der Waals surface area contributed by atoms with Gasteiger partial charge in [0.1, 0.15) is 0 Å². The van der Waals surface area contributed by atoms with E-state index in [0.717, 1.165) is 9.80 Å². The minimum Gasteiger partial charge on any atom is -0.549 e. The minimum atomic E-state index is -1.53. The van der Waals surface area contributed by atoms with Gasteiger partial charge in [-0.3, -0.25) is 9.80 Å². The summed E-state index contributed by atoms with van der Waals surface area (Å²) in [6, 6.07) is 0. The molecule has 0 bridgehead atoms. The number of rotatable bonds is 11. The number of aliphatic carboxylic acids is 4. The summed E-state index contributed by atoms with van der Waals surface area (Å²) in [4.78, 5) is 43.4. The SMILES string of the molecule is O.O=C([O-])CN(CCN(CC(=O)[O-])CC(=O)[O-])CC(=O)[O-].[Ca+2].[Na+].[Na+]. The van der Waals surface area contributed by atoms with Gasteiger partial charge in [-0.05, 0) is 0 Å². The van der Waals surface area contributed by atoms with Crippen LogP contribution in [0, 0.1) is 0 Å². The molecule has 0 atom stereocenters. The van der Waals surface area contributed by atoms with Gasteiger partial charge in [-0.2, -0.15) is 0 Å². The van der Waals surface area contributed by atoms with Crippen LogP contribution in [0.4, 0.5) is 0 Å². The predicted molar refractivity (Wildman–Crippen MR) is 62.3 cm³/mol. The van der Waals surface area contributed by atoms with Crippen molar-refractivity contribution in [1.29, 1.82) is 0 Å². The molecule has 0 radical (unpaired) electrons. The van der Waals surface area contributed by atoms with E-state index < -0.39 is 50.1 Å². The number of hydrogen-bond donors (Lipinski definition) is 0. The maximum absolute atomic E-state index is 10.4. The quantitative estimate of drug-likeness (QED) is 0.304. The van der Waals surface area contributed by atoms with Gasteiger partial charge < -0.3 is 45.1 Å². The van der Waals surface area contributed by atoms with Crippen LogP contribution in [0.5, 0.6) is 0 Å². The molecule has 0 rings (SSSR count). The Balaban J connectivity index is -0.000000301. The maximum atomic E-state index is 10.4. The minimum absolute atomic E-state index is 0. The number of carbonyl (C=O) groups excluding carboxylic acids is 4. The van der Waals surface area contributed by atoms with Gasteiger partial charge in [0.15, 0.2) is 0 Å². The molecule has 0 aromatic carbocycles. The molecule has 0 heterocycles. The summed E-state index contributed by atoms with van der Waals surface area (Å²) < 4.78 is 0. The second-order valence-electron chi connectivity index (χ2n) is 3.91. The Morgan fingerprint density at radius 3 is 0.875 bits per heavy atom. The van der Waals surface area contributed by atoms with Crippen LogP contribution in [0.15, 0.2) is 0 Å². The van der Waals surface area contributed by atoms with Crippen molar-refractivity contribution in [2.24, 2.45) is 0 Å². The van der Waals surface area contributed by atoms with E-state index in [1.807, 2.05) is 0 Å². The Bertz CT molecular complexity index is 333. The molecule has 0 saturated carbocycles. The summed E-state index contributed by atoms with van der Waals surface area (Å²) in [6.45, 7) is -3.25. The van der Waals surface area contributed by atoms with Crippen LogP contribution in [-0.4, -0.2) is 116 Å². The van der Waals surface area contributed by atoms with Gasteiger partial charge in [0, 0.05) is 39.3 Å². The zero-order valence-electron chi connectivity index (χ0n) is 13.6. The van der Waals surface area contributed by atoms with Crippen LogP contribution >= 0.6 is 0 Å². The van der Waals surface area contributed by atoms with Crippen molar-refractivity contribution < 1.29 is 104 Å². The standard InChI is InChI=1S/C10H16N2O8.Ca.2Na.H2O/c13-7(14)3-11(4-8(15)16)1-2-12(5-9(17)18)6-10(19)20;;;;/h1-6H2,(H,13,14)(H,15,16)(H,17,18)(H,19,20);;;;1H2/q;+2;2*+1;/p-4. The van der Waals surface area contributed by atoms with Crippen molar-refractivity contribution in [2.45, 2.75) is 0 Å². The van der Waals surface area contributed by atoms with E-state index in [9.17, 15) is 39.6 Å². The van der Waals surface area contributed by atoms with E-state index in [1.165, 1.54) is 0 Å². The Morgan fingerprint density at radius 2 is 0.750 bits per heavy atom. The van der Waals surface area contributed by atoms with Crippen LogP contribution in [0.25, 0.3) is 0 Å². The Labute approximate surface area is 212 Å². The zero-order valence-corrected chi connectivity index (χ0v) is 19.8. The van der Waals surface area contributed by atoms with Crippen LogP contribution in [0.2, 0.25) is 0 Å².